The lowest BCUT2D eigenvalue weighted by Crippen LogP contribution is -2.47. The number of carboxylic acids is 1. The van der Waals surface area contributed by atoms with E-state index >= 15 is 0 Å². The number of hydrogen-bond donors (Lipinski definition) is 2. The van der Waals surface area contributed by atoms with Gasteiger partial charge in [-0.2, -0.15) is 0 Å². The maximum Gasteiger partial charge on any atom is 0.408 e. The predicted molar refractivity (Wildman–Crippen MR) is 165 cm³/mol. The molecule has 14 heteroatoms. The molecule has 1 fully saturated rings. The van der Waals surface area contributed by atoms with E-state index in [2.05, 4.69) is 27.4 Å². The number of aromatic nitrogens is 3. The number of ether oxygens (including phenoxy) is 1. The van der Waals surface area contributed by atoms with Crippen molar-refractivity contribution >= 4 is 33.7 Å². The molecule has 1 amide bonds. The molecule has 0 bridgehead atoms. The maximum absolute atomic E-state index is 12.9. The van der Waals surface area contributed by atoms with Gasteiger partial charge in [-0.1, -0.05) is 37.3 Å². The summed E-state index contributed by atoms with van der Waals surface area (Å²) in [5, 5.41) is 21.0. The summed E-state index contributed by atoms with van der Waals surface area (Å²) in [4.78, 5) is 30.8. The van der Waals surface area contributed by atoms with Gasteiger partial charge >= 0.3 is 12.1 Å². The van der Waals surface area contributed by atoms with Crippen LogP contribution in [0.15, 0.2) is 46.9 Å². The van der Waals surface area contributed by atoms with Crippen LogP contribution in [-0.2, 0) is 31.5 Å². The molecule has 0 saturated heterocycles. The second-order valence-corrected chi connectivity index (χ2v) is 14.6. The molecule has 0 radical (unpaired) electrons. The molecule has 2 aromatic heterocycles. The van der Waals surface area contributed by atoms with E-state index in [1.807, 2.05) is 30.3 Å². The topological polar surface area (TPSA) is 168 Å². The molecule has 44 heavy (non-hydrogen) atoms. The normalized spacial score (nSPS) is 17.8. The van der Waals surface area contributed by atoms with Gasteiger partial charge in [0.2, 0.25) is 21.8 Å². The first kappa shape index (κ1) is 32.7. The molecule has 4 rings (SSSR count). The van der Waals surface area contributed by atoms with Crippen LogP contribution in [0.4, 0.5) is 16.4 Å². The molecule has 0 spiro atoms. The zero-order chi connectivity index (χ0) is 32.4. The van der Waals surface area contributed by atoms with E-state index in [1.165, 1.54) is 13.1 Å². The van der Waals surface area contributed by atoms with E-state index in [4.69, 9.17) is 9.15 Å². The zero-order valence-corrected chi connectivity index (χ0v) is 26.9. The quantitative estimate of drug-likeness (QED) is 0.297. The molecule has 2 N–H and O–H groups in total. The minimum Gasteiger partial charge on any atom is -0.480 e. The van der Waals surface area contributed by atoms with Crippen LogP contribution in [0.3, 0.4) is 0 Å². The molecule has 238 valence electrons. The van der Waals surface area contributed by atoms with Crippen LogP contribution in [0.25, 0.3) is 11.5 Å². The van der Waals surface area contributed by atoms with Gasteiger partial charge in [0.25, 0.3) is 0 Å². The van der Waals surface area contributed by atoms with E-state index in [9.17, 15) is 23.1 Å². The van der Waals surface area contributed by atoms with Gasteiger partial charge in [-0.3, -0.25) is 9.10 Å². The van der Waals surface area contributed by atoms with Crippen molar-refractivity contribution in [2.75, 3.05) is 35.6 Å². The first-order valence-electron chi connectivity index (χ1n) is 14.3. The fourth-order valence-corrected chi connectivity index (χ4v) is 5.16. The monoisotopic (exact) mass is 628 g/mol. The van der Waals surface area contributed by atoms with Gasteiger partial charge in [0.15, 0.2) is 0 Å². The summed E-state index contributed by atoms with van der Waals surface area (Å²) in [5.74, 6) is 0.133. The number of hydrogen-bond acceptors (Lipinski definition) is 10. The van der Waals surface area contributed by atoms with Crippen molar-refractivity contribution in [2.24, 2.45) is 11.8 Å². The summed E-state index contributed by atoms with van der Waals surface area (Å²) in [6, 6.07) is 12.5. The highest BCUT2D eigenvalue weighted by atomic mass is 32.2. The Morgan fingerprint density at radius 3 is 2.32 bits per heavy atom. The minimum atomic E-state index is -3.71. The van der Waals surface area contributed by atoms with Crippen molar-refractivity contribution in [3.8, 4) is 11.5 Å². The number of pyridine rings is 1. The Balaban J connectivity index is 1.77. The largest absolute Gasteiger partial charge is 0.480 e. The predicted octanol–water partition coefficient (Wildman–Crippen LogP) is 4.06. The van der Waals surface area contributed by atoms with Gasteiger partial charge in [-0.15, -0.1) is 10.2 Å². The summed E-state index contributed by atoms with van der Waals surface area (Å²) < 4.78 is 37.6. The zero-order valence-electron chi connectivity index (χ0n) is 26.1. The molecule has 3 aromatic rings. The Hall–Kier alpha value is -4.20. The van der Waals surface area contributed by atoms with Crippen LogP contribution in [-0.4, -0.2) is 72.8 Å². The van der Waals surface area contributed by atoms with Crippen molar-refractivity contribution in [3.05, 3.63) is 53.9 Å². The number of carbonyl (C=O) groups excluding carboxylic acids is 1. The smallest absolute Gasteiger partial charge is 0.408 e. The molecule has 3 atom stereocenters. The highest BCUT2D eigenvalue weighted by Crippen LogP contribution is 2.39. The molecule has 1 aromatic carbocycles. The highest BCUT2D eigenvalue weighted by Gasteiger charge is 2.38. The van der Waals surface area contributed by atoms with E-state index in [1.54, 1.807) is 38.7 Å². The van der Waals surface area contributed by atoms with Crippen LogP contribution in [0.2, 0.25) is 0 Å². The molecule has 2 unspecified atom stereocenters. The number of sulfonamides is 1. The van der Waals surface area contributed by atoms with Crippen molar-refractivity contribution < 1.29 is 32.3 Å². The minimum absolute atomic E-state index is 0.0344. The first-order chi connectivity index (χ1) is 20.4. The molecule has 2 heterocycles. The van der Waals surface area contributed by atoms with Gasteiger partial charge in [-0.25, -0.2) is 18.2 Å². The average Bonchev–Trinajstić information content (AvgIpc) is 3.37. The molecular weight excluding hydrogens is 588 g/mol. The summed E-state index contributed by atoms with van der Waals surface area (Å²) in [6.07, 6.45) is 1.63. The van der Waals surface area contributed by atoms with Gasteiger partial charge in [0, 0.05) is 25.6 Å². The lowest BCUT2D eigenvalue weighted by Gasteiger charge is -2.29. The molecule has 13 nitrogen and oxygen atoms in total. The third-order valence-electron chi connectivity index (χ3n) is 7.32. The number of rotatable bonds is 12. The fourth-order valence-electron chi connectivity index (χ4n) is 4.73. The molecule has 0 aliphatic heterocycles. The van der Waals surface area contributed by atoms with Crippen LogP contribution in [0.1, 0.15) is 52.5 Å². The SMILES string of the molecule is CC1CC1CN(CC(=O)O)c1cc(-c2nnc([C@](C)(Cc3ccccc3)NC(=O)OC(C)(C)C)o2)cc(N(C)S(C)(=O)=O)n1. The van der Waals surface area contributed by atoms with E-state index in [0.29, 0.717) is 30.4 Å². The van der Waals surface area contributed by atoms with Crippen molar-refractivity contribution in [1.82, 2.24) is 20.5 Å². The molecule has 1 saturated carbocycles. The lowest BCUT2D eigenvalue weighted by atomic mass is 9.92. The maximum atomic E-state index is 12.9. The third-order valence-corrected chi connectivity index (χ3v) is 8.50. The number of carbonyl (C=O) groups is 2. The van der Waals surface area contributed by atoms with E-state index < -0.39 is 33.2 Å². The first-order valence-corrected chi connectivity index (χ1v) is 16.1. The van der Waals surface area contributed by atoms with Crippen LogP contribution in [0, 0.1) is 11.8 Å². The summed E-state index contributed by atoms with van der Waals surface area (Å²) in [5.41, 5.74) is -0.701. The number of anilines is 2. The number of aliphatic carboxylic acids is 1. The lowest BCUT2D eigenvalue weighted by molar-refractivity contribution is -0.135. The van der Waals surface area contributed by atoms with Gasteiger partial charge in [0.05, 0.1) is 6.26 Å². The Bertz CT molecular complexity index is 1610. The van der Waals surface area contributed by atoms with Crippen molar-refractivity contribution in [1.29, 1.82) is 0 Å². The van der Waals surface area contributed by atoms with E-state index in [0.717, 1.165) is 22.5 Å². The summed E-state index contributed by atoms with van der Waals surface area (Å²) in [7, 11) is -2.36. The Morgan fingerprint density at radius 1 is 1.11 bits per heavy atom. The molecule has 1 aliphatic rings. The fraction of sp³-hybridized carbons (Fsp3) is 0.500. The number of carboxylic acid groups (broad SMARTS) is 1. The molecular formula is C30H40N6O7S. The van der Waals surface area contributed by atoms with Crippen molar-refractivity contribution in [2.45, 2.75) is 58.6 Å². The van der Waals surface area contributed by atoms with E-state index in [-0.39, 0.29) is 30.0 Å². The van der Waals surface area contributed by atoms with Gasteiger partial charge < -0.3 is 24.5 Å². The third kappa shape index (κ3) is 8.46. The summed E-state index contributed by atoms with van der Waals surface area (Å²) >= 11 is 0. The number of amides is 1. The van der Waals surface area contributed by atoms with Crippen LogP contribution < -0.4 is 14.5 Å². The van der Waals surface area contributed by atoms with Crippen LogP contribution in [0.5, 0.6) is 0 Å². The number of nitrogens with zero attached hydrogens (tertiary/aromatic N) is 5. The van der Waals surface area contributed by atoms with Gasteiger partial charge in [-0.05, 0) is 63.6 Å². The van der Waals surface area contributed by atoms with Crippen LogP contribution >= 0.6 is 0 Å². The second kappa shape index (κ2) is 12.4. The van der Waals surface area contributed by atoms with Gasteiger partial charge in [0.1, 0.15) is 29.3 Å². The number of alkyl carbamates (subject to hydrolysis) is 1. The average molecular weight is 629 g/mol. The number of benzene rings is 1. The number of nitrogens with one attached hydrogen (secondary N) is 1. The van der Waals surface area contributed by atoms with Crippen molar-refractivity contribution in [3.63, 3.8) is 0 Å². The Labute approximate surface area is 257 Å². The Kier molecular flexibility index (Phi) is 9.24. The molecule has 1 aliphatic carbocycles. The second-order valence-electron chi connectivity index (χ2n) is 12.6. The Morgan fingerprint density at radius 2 is 1.75 bits per heavy atom. The standard InChI is InChI=1S/C30H40N6O7S/c1-19-13-22(19)17-36(18-25(37)38)24-15-21(14-23(31-24)35(6)44(7,40)41)26-33-34-27(42-26)30(5,16-20-11-9-8-10-12-20)32-28(39)43-29(2,3)4/h8-12,14-15,19,22H,13,16-18H2,1-7H3,(H,32,39)(H,37,38)/t19?,22?,30-/m0/s1. The summed E-state index contributed by atoms with van der Waals surface area (Å²) in [6.45, 7) is 9.23. The highest BCUT2D eigenvalue weighted by molar-refractivity contribution is 7.92.